The van der Waals surface area contributed by atoms with Gasteiger partial charge in [0.15, 0.2) is 5.82 Å². The molecular formula is C19H26N4. The van der Waals surface area contributed by atoms with Crippen molar-refractivity contribution in [3.63, 3.8) is 0 Å². The molecule has 0 amide bonds. The Hall–Kier alpha value is -2.10. The molecule has 3 rings (SSSR count). The third kappa shape index (κ3) is 3.46. The van der Waals surface area contributed by atoms with Gasteiger partial charge in [0.05, 0.1) is 5.52 Å². The van der Waals surface area contributed by atoms with Gasteiger partial charge < -0.3 is 5.73 Å². The van der Waals surface area contributed by atoms with Crippen molar-refractivity contribution in [2.45, 2.75) is 46.5 Å². The van der Waals surface area contributed by atoms with Crippen LogP contribution in [0.1, 0.15) is 45.6 Å². The number of rotatable bonds is 4. The Balaban J connectivity index is 1.86. The fourth-order valence-electron chi connectivity index (χ4n) is 3.09. The van der Waals surface area contributed by atoms with E-state index in [9.17, 15) is 0 Å². The molecule has 1 aromatic carbocycles. The number of benzene rings is 1. The topological polar surface area (TPSA) is 56.7 Å². The summed E-state index contributed by atoms with van der Waals surface area (Å²) < 4.78 is 1.80. The van der Waals surface area contributed by atoms with Crippen molar-refractivity contribution in [3.05, 3.63) is 30.0 Å². The van der Waals surface area contributed by atoms with Crippen molar-refractivity contribution in [3.8, 4) is 0 Å². The third-order valence-electron chi connectivity index (χ3n) is 4.31. The van der Waals surface area contributed by atoms with Gasteiger partial charge in [-0.15, -0.1) is 0 Å². The number of pyridine rings is 1. The molecule has 0 unspecified atom stereocenters. The summed E-state index contributed by atoms with van der Waals surface area (Å²) in [6.07, 6.45) is 6.90. The summed E-state index contributed by atoms with van der Waals surface area (Å²) >= 11 is 0. The molecule has 4 nitrogen and oxygen atoms in total. The fourth-order valence-corrected chi connectivity index (χ4v) is 3.09. The van der Waals surface area contributed by atoms with E-state index >= 15 is 0 Å². The van der Waals surface area contributed by atoms with E-state index in [1.54, 1.807) is 4.68 Å². The quantitative estimate of drug-likeness (QED) is 0.724. The predicted molar refractivity (Wildman–Crippen MR) is 97.4 cm³/mol. The van der Waals surface area contributed by atoms with Gasteiger partial charge in [-0.3, -0.25) is 4.68 Å². The molecule has 3 aromatic rings. The minimum Gasteiger partial charge on any atom is -0.382 e. The van der Waals surface area contributed by atoms with E-state index in [-0.39, 0.29) is 0 Å². The van der Waals surface area contributed by atoms with Crippen LogP contribution in [-0.4, -0.2) is 14.8 Å². The normalized spacial score (nSPS) is 12.3. The zero-order chi connectivity index (χ0) is 16.6. The maximum Gasteiger partial charge on any atom is 0.152 e. The van der Waals surface area contributed by atoms with E-state index in [0.29, 0.717) is 11.2 Å². The second-order valence-corrected chi connectivity index (χ2v) is 7.68. The summed E-state index contributed by atoms with van der Waals surface area (Å²) in [4.78, 5) is 4.49. The number of aromatic nitrogens is 3. The zero-order valence-electron chi connectivity index (χ0n) is 14.6. The molecule has 4 heteroatoms. The molecule has 0 saturated carbocycles. The molecule has 0 aliphatic heterocycles. The summed E-state index contributed by atoms with van der Waals surface area (Å²) in [5.74, 6) is 0.506. The van der Waals surface area contributed by atoms with Crippen LogP contribution in [0.5, 0.6) is 0 Å². The Morgan fingerprint density at radius 2 is 1.91 bits per heavy atom. The molecule has 23 heavy (non-hydrogen) atoms. The number of nitrogens with two attached hydrogens (primary N) is 1. The average molecular weight is 310 g/mol. The molecule has 0 spiro atoms. The Labute approximate surface area is 137 Å². The van der Waals surface area contributed by atoms with Crippen LogP contribution in [0, 0.1) is 5.41 Å². The van der Waals surface area contributed by atoms with E-state index < -0.39 is 0 Å². The van der Waals surface area contributed by atoms with Crippen molar-refractivity contribution < 1.29 is 0 Å². The second-order valence-electron chi connectivity index (χ2n) is 7.68. The molecule has 2 N–H and O–H groups in total. The van der Waals surface area contributed by atoms with Crippen LogP contribution in [0.3, 0.4) is 0 Å². The summed E-state index contributed by atoms with van der Waals surface area (Å²) in [5.41, 5.74) is 9.55. The maximum atomic E-state index is 6.03. The number of nitrogen functional groups attached to an aromatic ring is 1. The first-order chi connectivity index (χ1) is 10.8. The van der Waals surface area contributed by atoms with Crippen LogP contribution in [0.2, 0.25) is 0 Å². The Kier molecular flexibility index (Phi) is 4.00. The predicted octanol–water partition coefficient (Wildman–Crippen LogP) is 4.46. The molecule has 0 bridgehead atoms. The minimum atomic E-state index is 0.423. The largest absolute Gasteiger partial charge is 0.382 e. The number of hydrogen-bond donors (Lipinski definition) is 1. The lowest BCUT2D eigenvalue weighted by molar-refractivity contribution is 0.360. The minimum absolute atomic E-state index is 0.423. The number of hydrogen-bond acceptors (Lipinski definition) is 3. The lowest BCUT2D eigenvalue weighted by atomic mass is 9.89. The average Bonchev–Trinajstić information content (AvgIpc) is 2.86. The highest BCUT2D eigenvalue weighted by atomic mass is 15.3. The van der Waals surface area contributed by atoms with Crippen LogP contribution in [0.25, 0.3) is 21.8 Å². The zero-order valence-corrected chi connectivity index (χ0v) is 14.6. The van der Waals surface area contributed by atoms with Crippen molar-refractivity contribution in [2.75, 3.05) is 5.73 Å². The lowest BCUT2D eigenvalue weighted by Crippen LogP contribution is -2.04. The van der Waals surface area contributed by atoms with Crippen LogP contribution < -0.4 is 5.73 Å². The highest BCUT2D eigenvalue weighted by Gasteiger charge is 2.11. The summed E-state index contributed by atoms with van der Waals surface area (Å²) in [5, 5.41) is 6.66. The fraction of sp³-hybridized carbons (Fsp3) is 0.474. The Bertz CT molecular complexity index is 840. The van der Waals surface area contributed by atoms with Gasteiger partial charge in [-0.25, -0.2) is 4.98 Å². The van der Waals surface area contributed by atoms with Crippen molar-refractivity contribution in [1.82, 2.24) is 14.8 Å². The van der Waals surface area contributed by atoms with Gasteiger partial charge in [0.1, 0.15) is 5.52 Å². The van der Waals surface area contributed by atoms with Crippen molar-refractivity contribution in [2.24, 2.45) is 12.5 Å². The summed E-state index contributed by atoms with van der Waals surface area (Å²) in [6.45, 7) is 6.91. The van der Waals surface area contributed by atoms with Crippen molar-refractivity contribution in [1.29, 1.82) is 0 Å². The van der Waals surface area contributed by atoms with E-state index in [4.69, 9.17) is 5.73 Å². The van der Waals surface area contributed by atoms with Crippen LogP contribution in [0.4, 0.5) is 5.82 Å². The highest BCUT2D eigenvalue weighted by molar-refractivity contribution is 6.08. The van der Waals surface area contributed by atoms with Gasteiger partial charge in [0.25, 0.3) is 0 Å². The first-order valence-corrected chi connectivity index (χ1v) is 8.35. The Morgan fingerprint density at radius 3 is 2.65 bits per heavy atom. The highest BCUT2D eigenvalue weighted by Crippen LogP contribution is 2.28. The Morgan fingerprint density at radius 1 is 1.13 bits per heavy atom. The first-order valence-electron chi connectivity index (χ1n) is 8.35. The molecule has 0 atom stereocenters. The van der Waals surface area contributed by atoms with Crippen LogP contribution in [-0.2, 0) is 13.5 Å². The van der Waals surface area contributed by atoms with Crippen LogP contribution in [0.15, 0.2) is 24.4 Å². The van der Waals surface area contributed by atoms with Gasteiger partial charge >= 0.3 is 0 Å². The molecule has 2 aromatic heterocycles. The number of fused-ring (bicyclic) bond motifs is 3. The second kappa shape index (κ2) is 5.84. The number of unbranched alkanes of at least 4 members (excludes halogenated alkanes) is 1. The smallest absolute Gasteiger partial charge is 0.152 e. The van der Waals surface area contributed by atoms with E-state index in [1.807, 2.05) is 13.2 Å². The molecule has 0 fully saturated rings. The summed E-state index contributed by atoms with van der Waals surface area (Å²) in [7, 11) is 1.92. The molecule has 122 valence electrons. The van der Waals surface area contributed by atoms with Crippen molar-refractivity contribution >= 4 is 27.6 Å². The summed E-state index contributed by atoms with van der Waals surface area (Å²) in [6, 6.07) is 6.51. The number of anilines is 1. The van der Waals surface area contributed by atoms with Gasteiger partial charge in [0, 0.05) is 24.0 Å². The number of nitrogens with zero attached hydrogens (tertiary/aromatic N) is 3. The molecule has 0 radical (unpaired) electrons. The molecule has 0 aliphatic rings. The van der Waals surface area contributed by atoms with Crippen LogP contribution >= 0.6 is 0 Å². The van der Waals surface area contributed by atoms with E-state index in [0.717, 1.165) is 28.2 Å². The lowest BCUT2D eigenvalue weighted by Gasteiger charge is -2.17. The van der Waals surface area contributed by atoms with Gasteiger partial charge in [-0.05, 0) is 42.4 Å². The van der Waals surface area contributed by atoms with E-state index in [2.05, 4.69) is 49.1 Å². The van der Waals surface area contributed by atoms with Gasteiger partial charge in [0.2, 0.25) is 0 Å². The number of aryl methyl sites for hydroxylation is 2. The molecular weight excluding hydrogens is 284 g/mol. The third-order valence-corrected chi connectivity index (χ3v) is 4.31. The first kappa shape index (κ1) is 15.8. The molecule has 2 heterocycles. The van der Waals surface area contributed by atoms with Gasteiger partial charge in [-0.1, -0.05) is 33.3 Å². The maximum absolute atomic E-state index is 6.03. The molecule has 0 aliphatic carbocycles. The monoisotopic (exact) mass is 310 g/mol. The van der Waals surface area contributed by atoms with Gasteiger partial charge in [-0.2, -0.15) is 5.10 Å². The van der Waals surface area contributed by atoms with E-state index in [1.165, 1.54) is 24.8 Å². The molecule has 0 saturated heterocycles. The standard InChI is InChI=1S/C19H26N4/c1-19(2,3)10-6-5-7-13-8-9-16-14(11-13)15-12-23(4)22-17(15)18(20)21-16/h8-9,11-12H,5-7,10H2,1-4H3,(H2,20,21). The SMILES string of the molecule is Cn1cc2c(n1)c(N)nc1ccc(CCCCC(C)(C)C)cc12.